The van der Waals surface area contributed by atoms with Gasteiger partial charge in [-0.15, -0.1) is 0 Å². The Balaban J connectivity index is 1.89. The van der Waals surface area contributed by atoms with E-state index < -0.39 is 17.2 Å². The second-order valence-corrected chi connectivity index (χ2v) is 7.07. The van der Waals surface area contributed by atoms with Gasteiger partial charge >= 0.3 is 11.7 Å². The van der Waals surface area contributed by atoms with Crippen molar-refractivity contribution in [3.63, 3.8) is 0 Å². The van der Waals surface area contributed by atoms with Gasteiger partial charge in [0.25, 0.3) is 5.56 Å². The standard InChI is InChI=1S/C23H22N4O5/c1-4-26-21(28)19-20(27(23(26)30)17-7-5-6-8-18(17)31-2)24-14-25(19)13-15-9-11-16(12-10-15)22(29)32-3/h5-12,14H,4,13H2,1-3H3. The Bertz CT molecular complexity index is 1410. The summed E-state index contributed by atoms with van der Waals surface area (Å²) in [5, 5.41) is 0. The number of ether oxygens (including phenoxy) is 2. The van der Waals surface area contributed by atoms with E-state index in [-0.39, 0.29) is 12.2 Å². The highest BCUT2D eigenvalue weighted by atomic mass is 16.5. The van der Waals surface area contributed by atoms with Crippen molar-refractivity contribution in [2.75, 3.05) is 14.2 Å². The van der Waals surface area contributed by atoms with E-state index >= 15 is 0 Å². The van der Waals surface area contributed by atoms with Crippen molar-refractivity contribution in [2.24, 2.45) is 0 Å². The maximum atomic E-state index is 13.2. The fourth-order valence-corrected chi connectivity index (χ4v) is 3.67. The third-order valence-corrected chi connectivity index (χ3v) is 5.27. The monoisotopic (exact) mass is 434 g/mol. The summed E-state index contributed by atoms with van der Waals surface area (Å²) in [6.45, 7) is 2.29. The Kier molecular flexibility index (Phi) is 5.63. The zero-order chi connectivity index (χ0) is 22.8. The fourth-order valence-electron chi connectivity index (χ4n) is 3.67. The second-order valence-electron chi connectivity index (χ2n) is 7.07. The number of methoxy groups -OCH3 is 2. The number of hydrogen-bond donors (Lipinski definition) is 0. The number of esters is 1. The van der Waals surface area contributed by atoms with Gasteiger partial charge in [-0.2, -0.15) is 0 Å². The smallest absolute Gasteiger partial charge is 0.337 e. The number of hydrogen-bond acceptors (Lipinski definition) is 6. The summed E-state index contributed by atoms with van der Waals surface area (Å²) in [6, 6.07) is 14.0. The number of carbonyl (C=O) groups excluding carboxylic acids is 1. The molecule has 2 aromatic heterocycles. The molecule has 0 radical (unpaired) electrons. The molecule has 4 aromatic rings. The maximum absolute atomic E-state index is 13.2. The predicted octanol–water partition coefficient (Wildman–Crippen LogP) is 2.21. The first kappa shape index (κ1) is 21.1. The third-order valence-electron chi connectivity index (χ3n) is 5.27. The fraction of sp³-hybridized carbons (Fsp3) is 0.217. The molecule has 0 saturated carbocycles. The molecule has 0 unspecified atom stereocenters. The first-order valence-corrected chi connectivity index (χ1v) is 10.0. The van der Waals surface area contributed by atoms with Crippen LogP contribution in [0.25, 0.3) is 16.9 Å². The highest BCUT2D eigenvalue weighted by Crippen LogP contribution is 2.23. The van der Waals surface area contributed by atoms with E-state index in [9.17, 15) is 14.4 Å². The van der Waals surface area contributed by atoms with Gasteiger partial charge in [-0.1, -0.05) is 24.3 Å². The molecule has 32 heavy (non-hydrogen) atoms. The van der Waals surface area contributed by atoms with E-state index in [1.54, 1.807) is 60.0 Å². The molecule has 9 heteroatoms. The van der Waals surface area contributed by atoms with Crippen molar-refractivity contribution in [3.8, 4) is 11.4 Å². The average molecular weight is 434 g/mol. The molecular formula is C23H22N4O5. The molecule has 0 N–H and O–H groups in total. The number of imidazole rings is 1. The van der Waals surface area contributed by atoms with Crippen LogP contribution in [0.1, 0.15) is 22.8 Å². The highest BCUT2D eigenvalue weighted by molar-refractivity contribution is 5.89. The summed E-state index contributed by atoms with van der Waals surface area (Å²) < 4.78 is 14.4. The number of nitrogens with zero attached hydrogens (tertiary/aromatic N) is 4. The van der Waals surface area contributed by atoms with Gasteiger partial charge in [-0.3, -0.25) is 9.36 Å². The topological polar surface area (TPSA) is 97.4 Å². The molecule has 2 heterocycles. The zero-order valence-corrected chi connectivity index (χ0v) is 17.9. The van der Waals surface area contributed by atoms with Crippen LogP contribution in [0, 0.1) is 0 Å². The van der Waals surface area contributed by atoms with Crippen molar-refractivity contribution in [1.29, 1.82) is 0 Å². The Morgan fingerprint density at radius 3 is 2.41 bits per heavy atom. The Morgan fingerprint density at radius 2 is 1.75 bits per heavy atom. The van der Waals surface area contributed by atoms with Gasteiger partial charge in [0.1, 0.15) is 5.75 Å². The molecule has 0 spiro atoms. The molecule has 0 aliphatic heterocycles. The second kappa shape index (κ2) is 8.54. The van der Waals surface area contributed by atoms with Crippen LogP contribution in [-0.2, 0) is 17.8 Å². The van der Waals surface area contributed by atoms with Gasteiger partial charge in [0.15, 0.2) is 11.2 Å². The van der Waals surface area contributed by atoms with E-state index in [1.807, 2.05) is 0 Å². The quantitative estimate of drug-likeness (QED) is 0.432. The molecule has 2 aromatic carbocycles. The van der Waals surface area contributed by atoms with Gasteiger partial charge in [0, 0.05) is 13.1 Å². The minimum absolute atomic E-state index is 0.210. The molecule has 0 aliphatic rings. The van der Waals surface area contributed by atoms with Crippen LogP contribution in [0.15, 0.2) is 64.4 Å². The lowest BCUT2D eigenvalue weighted by Crippen LogP contribution is -2.39. The van der Waals surface area contributed by atoms with Gasteiger partial charge in [0.2, 0.25) is 0 Å². The first-order valence-electron chi connectivity index (χ1n) is 10.0. The van der Waals surface area contributed by atoms with E-state index in [1.165, 1.54) is 29.7 Å². The van der Waals surface area contributed by atoms with Crippen molar-refractivity contribution in [3.05, 3.63) is 86.8 Å². The maximum Gasteiger partial charge on any atom is 0.337 e. The first-order chi connectivity index (χ1) is 15.5. The van der Waals surface area contributed by atoms with Crippen molar-refractivity contribution >= 4 is 17.1 Å². The SMILES string of the molecule is CCn1c(=O)c2c(ncn2Cc2ccc(C(=O)OC)cc2)n(-c2ccccc2OC)c1=O. The number of para-hydroxylation sites is 2. The molecule has 164 valence electrons. The van der Waals surface area contributed by atoms with Crippen LogP contribution in [0.2, 0.25) is 0 Å². The Labute approximate surface area is 183 Å². The minimum atomic E-state index is -0.484. The van der Waals surface area contributed by atoms with Gasteiger partial charge in [-0.25, -0.2) is 19.1 Å². The molecule has 0 saturated heterocycles. The zero-order valence-electron chi connectivity index (χ0n) is 17.9. The van der Waals surface area contributed by atoms with Crippen LogP contribution in [0.3, 0.4) is 0 Å². The number of aromatic nitrogens is 4. The normalized spacial score (nSPS) is 11.0. The number of rotatable bonds is 6. The van der Waals surface area contributed by atoms with E-state index in [4.69, 9.17) is 9.47 Å². The molecule has 0 bridgehead atoms. The van der Waals surface area contributed by atoms with Gasteiger partial charge in [-0.05, 0) is 36.8 Å². The summed E-state index contributed by atoms with van der Waals surface area (Å²) in [4.78, 5) is 42.4. The van der Waals surface area contributed by atoms with Crippen molar-refractivity contribution in [1.82, 2.24) is 18.7 Å². The van der Waals surface area contributed by atoms with Crippen LogP contribution >= 0.6 is 0 Å². The highest BCUT2D eigenvalue weighted by Gasteiger charge is 2.20. The predicted molar refractivity (Wildman–Crippen MR) is 119 cm³/mol. The molecule has 0 amide bonds. The van der Waals surface area contributed by atoms with E-state index in [0.29, 0.717) is 29.1 Å². The molecule has 4 rings (SSSR count). The lowest BCUT2D eigenvalue weighted by molar-refractivity contribution is 0.0600. The number of benzene rings is 2. The summed E-state index contributed by atoms with van der Waals surface area (Å²) in [5.74, 6) is 0.0708. The third kappa shape index (κ3) is 3.47. The average Bonchev–Trinajstić information content (AvgIpc) is 3.23. The number of fused-ring (bicyclic) bond motifs is 1. The minimum Gasteiger partial charge on any atom is -0.495 e. The van der Waals surface area contributed by atoms with Crippen molar-refractivity contribution in [2.45, 2.75) is 20.0 Å². The van der Waals surface area contributed by atoms with Crippen LogP contribution < -0.4 is 16.0 Å². The molecule has 9 nitrogen and oxygen atoms in total. The van der Waals surface area contributed by atoms with Crippen molar-refractivity contribution < 1.29 is 14.3 Å². The van der Waals surface area contributed by atoms with Gasteiger partial charge in [0.05, 0.1) is 31.8 Å². The Morgan fingerprint density at radius 1 is 1.03 bits per heavy atom. The largest absolute Gasteiger partial charge is 0.495 e. The lowest BCUT2D eigenvalue weighted by Gasteiger charge is -2.14. The van der Waals surface area contributed by atoms with E-state index in [0.717, 1.165) is 5.56 Å². The van der Waals surface area contributed by atoms with Crippen LogP contribution in [0.5, 0.6) is 5.75 Å². The molecule has 0 aliphatic carbocycles. The summed E-state index contributed by atoms with van der Waals surface area (Å²) in [6.07, 6.45) is 1.53. The molecular weight excluding hydrogens is 412 g/mol. The van der Waals surface area contributed by atoms with Crippen LogP contribution in [-0.4, -0.2) is 38.9 Å². The van der Waals surface area contributed by atoms with Crippen LogP contribution in [0.4, 0.5) is 0 Å². The summed E-state index contributed by atoms with van der Waals surface area (Å²) in [5.41, 5.74) is 1.44. The Hall–Kier alpha value is -4.14. The summed E-state index contributed by atoms with van der Waals surface area (Å²) in [7, 11) is 2.85. The van der Waals surface area contributed by atoms with E-state index in [2.05, 4.69) is 4.98 Å². The lowest BCUT2D eigenvalue weighted by atomic mass is 10.1. The molecule has 0 atom stereocenters. The number of carbonyl (C=O) groups is 1. The summed E-state index contributed by atoms with van der Waals surface area (Å²) >= 11 is 0. The molecule has 0 fully saturated rings. The van der Waals surface area contributed by atoms with Gasteiger partial charge < -0.3 is 14.0 Å².